The Morgan fingerprint density at radius 1 is 1.39 bits per heavy atom. The fraction of sp³-hybridized carbons (Fsp3) is 0.222. The average Bonchev–Trinajstić information content (AvgIpc) is 2.17. The molecule has 0 aromatic heterocycles. The first-order valence-corrected chi connectivity index (χ1v) is 7.43. The molecule has 0 atom stereocenters. The summed E-state index contributed by atoms with van der Waals surface area (Å²) in [4.78, 5) is -0.723. The molecule has 0 aliphatic rings. The lowest BCUT2D eigenvalue weighted by atomic mass is 10.1. The van der Waals surface area contributed by atoms with Crippen LogP contribution < -0.4 is 0 Å². The molecule has 18 heavy (non-hydrogen) atoms. The van der Waals surface area contributed by atoms with Crippen LogP contribution in [0.1, 0.15) is 11.1 Å². The second-order valence-electron chi connectivity index (χ2n) is 3.16. The number of hydrogen-bond donors (Lipinski definition) is 0. The van der Waals surface area contributed by atoms with Crippen LogP contribution in [0.25, 0.3) is 0 Å². The smallest absolute Gasteiger partial charge is 0.207 e. The van der Waals surface area contributed by atoms with Crippen LogP contribution in [0.2, 0.25) is 0 Å². The van der Waals surface area contributed by atoms with Gasteiger partial charge in [0.05, 0.1) is 5.56 Å². The Morgan fingerprint density at radius 2 is 1.94 bits per heavy atom. The van der Waals surface area contributed by atoms with Gasteiger partial charge in [0.2, 0.25) is 0 Å². The standard InChI is InChI=1S/C9H5ClF3NO2S2/c1-5-6(4-14)8(18(10,15)16)3-2-7(5)17-9(11,12)13/h2-3H,1H3. The van der Waals surface area contributed by atoms with Crippen LogP contribution in [0.15, 0.2) is 21.9 Å². The second kappa shape index (κ2) is 4.99. The van der Waals surface area contributed by atoms with Gasteiger partial charge in [0.25, 0.3) is 9.05 Å². The van der Waals surface area contributed by atoms with Gasteiger partial charge in [0.15, 0.2) is 0 Å². The predicted molar refractivity (Wildman–Crippen MR) is 60.8 cm³/mol. The lowest BCUT2D eigenvalue weighted by Gasteiger charge is -2.11. The molecule has 0 aliphatic heterocycles. The van der Waals surface area contributed by atoms with Gasteiger partial charge in [0.1, 0.15) is 11.0 Å². The topological polar surface area (TPSA) is 57.9 Å². The molecule has 0 heterocycles. The monoisotopic (exact) mass is 315 g/mol. The highest BCUT2D eigenvalue weighted by Gasteiger charge is 2.31. The molecule has 0 saturated carbocycles. The molecule has 1 aromatic rings. The molecule has 0 N–H and O–H groups in total. The SMILES string of the molecule is Cc1c(SC(F)(F)F)ccc(S(=O)(=O)Cl)c1C#N. The van der Waals surface area contributed by atoms with E-state index in [1.165, 1.54) is 6.92 Å². The quantitative estimate of drug-likeness (QED) is 0.620. The van der Waals surface area contributed by atoms with Gasteiger partial charge in [-0.05, 0) is 36.4 Å². The van der Waals surface area contributed by atoms with Crippen LogP contribution in [0.5, 0.6) is 0 Å². The van der Waals surface area contributed by atoms with E-state index in [4.69, 9.17) is 15.9 Å². The van der Waals surface area contributed by atoms with Gasteiger partial charge in [-0.3, -0.25) is 0 Å². The Bertz CT molecular complexity index is 620. The van der Waals surface area contributed by atoms with E-state index in [2.05, 4.69) is 0 Å². The van der Waals surface area contributed by atoms with Crippen LogP contribution >= 0.6 is 22.4 Å². The van der Waals surface area contributed by atoms with Crippen molar-refractivity contribution >= 4 is 31.5 Å². The van der Waals surface area contributed by atoms with Crippen LogP contribution in [-0.4, -0.2) is 13.9 Å². The summed E-state index contributed by atoms with van der Waals surface area (Å²) in [7, 11) is 0.923. The molecule has 0 aliphatic carbocycles. The van der Waals surface area contributed by atoms with Gasteiger partial charge in [0, 0.05) is 15.6 Å². The fourth-order valence-corrected chi connectivity index (χ4v) is 2.94. The van der Waals surface area contributed by atoms with Crippen LogP contribution in [0.4, 0.5) is 13.2 Å². The molecule has 1 rings (SSSR count). The Kier molecular flexibility index (Phi) is 4.20. The first-order valence-electron chi connectivity index (χ1n) is 4.30. The van der Waals surface area contributed by atoms with Crippen molar-refractivity contribution in [3.8, 4) is 6.07 Å². The number of hydrogen-bond acceptors (Lipinski definition) is 4. The molecule has 9 heteroatoms. The Hall–Kier alpha value is -0.910. The number of alkyl halides is 3. The minimum absolute atomic E-state index is 0.0680. The molecule has 98 valence electrons. The van der Waals surface area contributed by atoms with Crippen molar-refractivity contribution in [2.75, 3.05) is 0 Å². The maximum atomic E-state index is 12.2. The highest BCUT2D eigenvalue weighted by Crippen LogP contribution is 2.40. The van der Waals surface area contributed by atoms with Crippen molar-refractivity contribution in [1.82, 2.24) is 0 Å². The summed E-state index contributed by atoms with van der Waals surface area (Å²) in [6.45, 7) is 1.23. The van der Waals surface area contributed by atoms with E-state index in [1.54, 1.807) is 6.07 Å². The highest BCUT2D eigenvalue weighted by molar-refractivity contribution is 8.13. The first-order chi connectivity index (χ1) is 8.06. The predicted octanol–water partition coefficient (Wildman–Crippen LogP) is 3.41. The summed E-state index contributed by atoms with van der Waals surface area (Å²) in [6, 6.07) is 3.42. The van der Waals surface area contributed by atoms with Gasteiger partial charge in [-0.2, -0.15) is 18.4 Å². The van der Waals surface area contributed by atoms with E-state index < -0.39 is 31.2 Å². The van der Waals surface area contributed by atoms with E-state index in [-0.39, 0.29) is 16.0 Å². The average molecular weight is 316 g/mol. The lowest BCUT2D eigenvalue weighted by Crippen LogP contribution is -2.03. The van der Waals surface area contributed by atoms with E-state index in [1.807, 2.05) is 0 Å². The molecular weight excluding hydrogens is 311 g/mol. The molecular formula is C9H5ClF3NO2S2. The molecule has 3 nitrogen and oxygen atoms in total. The molecule has 0 spiro atoms. The normalized spacial score (nSPS) is 12.2. The molecule has 1 aromatic carbocycles. The zero-order valence-electron chi connectivity index (χ0n) is 8.75. The van der Waals surface area contributed by atoms with E-state index in [9.17, 15) is 21.6 Å². The third-order valence-electron chi connectivity index (χ3n) is 1.98. The number of halogens is 4. The fourth-order valence-electron chi connectivity index (χ4n) is 1.25. The van der Waals surface area contributed by atoms with Crippen LogP contribution in [0.3, 0.4) is 0 Å². The molecule has 0 radical (unpaired) electrons. The van der Waals surface area contributed by atoms with Crippen molar-refractivity contribution in [1.29, 1.82) is 5.26 Å². The summed E-state index contributed by atoms with van der Waals surface area (Å²) in [5.74, 6) is 0. The minimum Gasteiger partial charge on any atom is -0.207 e. The summed E-state index contributed by atoms with van der Waals surface area (Å²) in [5.41, 5.74) is -4.96. The maximum Gasteiger partial charge on any atom is 0.446 e. The molecule has 0 bridgehead atoms. The molecule has 0 fully saturated rings. The highest BCUT2D eigenvalue weighted by atomic mass is 35.7. The van der Waals surface area contributed by atoms with Crippen molar-refractivity contribution < 1.29 is 21.6 Å². The number of thioether (sulfide) groups is 1. The molecule has 0 amide bonds. The van der Waals surface area contributed by atoms with Crippen molar-refractivity contribution in [3.63, 3.8) is 0 Å². The summed E-state index contributed by atoms with van der Waals surface area (Å²) in [6.07, 6.45) is 0. The Morgan fingerprint density at radius 3 is 2.33 bits per heavy atom. The maximum absolute atomic E-state index is 12.2. The third-order valence-corrected chi connectivity index (χ3v) is 4.24. The van der Waals surface area contributed by atoms with E-state index in [0.717, 1.165) is 12.1 Å². The lowest BCUT2D eigenvalue weighted by molar-refractivity contribution is -0.0328. The zero-order valence-corrected chi connectivity index (χ0v) is 11.1. The summed E-state index contributed by atoms with van der Waals surface area (Å²) >= 11 is -0.413. The first kappa shape index (κ1) is 15.1. The van der Waals surface area contributed by atoms with Gasteiger partial charge < -0.3 is 0 Å². The zero-order chi connectivity index (χ0) is 14.1. The van der Waals surface area contributed by atoms with E-state index in [0.29, 0.717) is 0 Å². The number of nitriles is 1. The Labute approximate surface area is 110 Å². The third kappa shape index (κ3) is 3.54. The molecule has 0 saturated heterocycles. The van der Waals surface area contributed by atoms with Crippen molar-refractivity contribution in [2.24, 2.45) is 0 Å². The van der Waals surface area contributed by atoms with Crippen molar-refractivity contribution in [3.05, 3.63) is 23.3 Å². The summed E-state index contributed by atoms with van der Waals surface area (Å²) < 4.78 is 59.0. The van der Waals surface area contributed by atoms with Crippen LogP contribution in [0, 0.1) is 18.3 Å². The van der Waals surface area contributed by atoms with Crippen molar-refractivity contribution in [2.45, 2.75) is 22.2 Å². The van der Waals surface area contributed by atoms with Gasteiger partial charge in [-0.25, -0.2) is 8.42 Å². The van der Waals surface area contributed by atoms with Gasteiger partial charge in [-0.15, -0.1) is 0 Å². The van der Waals surface area contributed by atoms with Gasteiger partial charge >= 0.3 is 5.51 Å². The minimum atomic E-state index is -4.52. The van der Waals surface area contributed by atoms with E-state index >= 15 is 0 Å². The largest absolute Gasteiger partial charge is 0.446 e. The van der Waals surface area contributed by atoms with Gasteiger partial charge in [-0.1, -0.05) is 0 Å². The Balaban J connectivity index is 3.45. The summed E-state index contributed by atoms with van der Waals surface area (Å²) in [5, 5.41) is 8.82. The number of benzene rings is 1. The number of rotatable bonds is 2. The number of nitrogens with zero attached hydrogens (tertiary/aromatic N) is 1. The second-order valence-corrected chi connectivity index (χ2v) is 6.80. The molecule has 0 unspecified atom stereocenters. The van der Waals surface area contributed by atoms with Crippen LogP contribution in [-0.2, 0) is 9.05 Å².